The van der Waals surface area contributed by atoms with Crippen LogP contribution in [0.5, 0.6) is 0 Å². The van der Waals surface area contributed by atoms with E-state index in [-0.39, 0.29) is 0 Å². The highest BCUT2D eigenvalue weighted by atomic mass is 35.5. The number of alkyl halides is 1. The standard InChI is InChI=1S/C8H17ClO2S/c9-7-5-3-1-2-4-6-8-12(10)11/h1-8H2,(H,10,11)/p-1. The van der Waals surface area contributed by atoms with Gasteiger partial charge < -0.3 is 4.55 Å². The summed E-state index contributed by atoms with van der Waals surface area (Å²) in [5.74, 6) is 1.06. The highest BCUT2D eigenvalue weighted by Crippen LogP contribution is 2.06. The van der Waals surface area contributed by atoms with Crippen LogP contribution in [0.1, 0.15) is 38.5 Å². The molecule has 12 heavy (non-hydrogen) atoms. The highest BCUT2D eigenvalue weighted by molar-refractivity contribution is 7.79. The zero-order valence-corrected chi connectivity index (χ0v) is 8.83. The molecule has 0 rings (SSSR count). The van der Waals surface area contributed by atoms with Gasteiger partial charge in [-0.2, -0.15) is 0 Å². The second-order valence-corrected chi connectivity index (χ2v) is 4.21. The van der Waals surface area contributed by atoms with E-state index < -0.39 is 11.1 Å². The average Bonchev–Trinajstić information content (AvgIpc) is 2.02. The normalized spacial score (nSPS) is 13.2. The van der Waals surface area contributed by atoms with Crippen molar-refractivity contribution in [2.45, 2.75) is 38.5 Å². The number of halogens is 1. The van der Waals surface area contributed by atoms with Gasteiger partial charge in [0.05, 0.1) is 0 Å². The molecule has 2 nitrogen and oxygen atoms in total. The van der Waals surface area contributed by atoms with E-state index in [9.17, 15) is 8.76 Å². The Morgan fingerprint density at radius 3 is 2.00 bits per heavy atom. The highest BCUT2D eigenvalue weighted by Gasteiger charge is 1.90. The lowest BCUT2D eigenvalue weighted by Crippen LogP contribution is -1.94. The summed E-state index contributed by atoms with van der Waals surface area (Å²) in [6.07, 6.45) is 6.39. The molecule has 74 valence electrons. The zero-order valence-electron chi connectivity index (χ0n) is 7.26. The van der Waals surface area contributed by atoms with E-state index in [1.807, 2.05) is 0 Å². The summed E-state index contributed by atoms with van der Waals surface area (Å²) in [6.45, 7) is 0. The predicted molar refractivity (Wildman–Crippen MR) is 52.2 cm³/mol. The van der Waals surface area contributed by atoms with E-state index in [0.717, 1.165) is 31.6 Å². The topological polar surface area (TPSA) is 40.1 Å². The Hall–Kier alpha value is 0.400. The molecule has 0 aliphatic rings. The van der Waals surface area contributed by atoms with Crippen molar-refractivity contribution < 1.29 is 8.76 Å². The molecule has 0 saturated carbocycles. The Balaban J connectivity index is 2.86. The van der Waals surface area contributed by atoms with E-state index in [1.165, 1.54) is 12.8 Å². The van der Waals surface area contributed by atoms with Crippen LogP contribution in [0.2, 0.25) is 0 Å². The van der Waals surface area contributed by atoms with Gasteiger partial charge in [-0.05, 0) is 12.8 Å². The third kappa shape index (κ3) is 10.4. The minimum absolute atomic E-state index is 0.315. The molecular weight excluding hydrogens is 196 g/mol. The SMILES string of the molecule is O=S([O-])CCCCCCCCCl. The van der Waals surface area contributed by atoms with E-state index in [4.69, 9.17) is 11.6 Å². The Kier molecular flexibility index (Phi) is 9.80. The molecule has 0 N–H and O–H groups in total. The fourth-order valence-corrected chi connectivity index (χ4v) is 1.65. The molecule has 0 aliphatic heterocycles. The average molecular weight is 212 g/mol. The first-order chi connectivity index (χ1) is 5.77. The summed E-state index contributed by atoms with van der Waals surface area (Å²) >= 11 is 3.66. The summed E-state index contributed by atoms with van der Waals surface area (Å²) in [4.78, 5) is 0. The Labute approximate surface area is 82.0 Å². The summed E-state index contributed by atoms with van der Waals surface area (Å²) in [5, 5.41) is 0. The predicted octanol–water partition coefficient (Wildman–Crippen LogP) is 2.44. The maximum absolute atomic E-state index is 10.1. The van der Waals surface area contributed by atoms with E-state index in [2.05, 4.69) is 0 Å². The second-order valence-electron chi connectivity index (χ2n) is 2.82. The molecule has 1 atom stereocenters. The molecule has 0 radical (unpaired) electrons. The lowest BCUT2D eigenvalue weighted by molar-refractivity contribution is 0.531. The monoisotopic (exact) mass is 211 g/mol. The molecule has 0 aromatic rings. The first-order valence-electron chi connectivity index (χ1n) is 4.39. The molecular formula is C8H16ClO2S-. The van der Waals surface area contributed by atoms with Gasteiger partial charge in [-0.25, -0.2) is 0 Å². The van der Waals surface area contributed by atoms with Gasteiger partial charge in [0.25, 0.3) is 0 Å². The van der Waals surface area contributed by atoms with Crippen LogP contribution in [0.25, 0.3) is 0 Å². The van der Waals surface area contributed by atoms with Crippen LogP contribution in [0.3, 0.4) is 0 Å². The lowest BCUT2D eigenvalue weighted by Gasteiger charge is -2.03. The summed E-state index contributed by atoms with van der Waals surface area (Å²) < 4.78 is 20.2. The van der Waals surface area contributed by atoms with Gasteiger partial charge in [-0.3, -0.25) is 4.21 Å². The molecule has 0 fully saturated rings. The molecule has 0 spiro atoms. The minimum atomic E-state index is -1.85. The van der Waals surface area contributed by atoms with Crippen molar-refractivity contribution in [1.29, 1.82) is 0 Å². The van der Waals surface area contributed by atoms with Crippen molar-refractivity contribution in [3.05, 3.63) is 0 Å². The van der Waals surface area contributed by atoms with Crippen LogP contribution in [-0.4, -0.2) is 20.4 Å². The molecule has 0 heterocycles. The van der Waals surface area contributed by atoms with Crippen LogP contribution in [0.15, 0.2) is 0 Å². The molecule has 0 amide bonds. The fraction of sp³-hybridized carbons (Fsp3) is 1.00. The Morgan fingerprint density at radius 1 is 1.00 bits per heavy atom. The summed E-state index contributed by atoms with van der Waals surface area (Å²) in [7, 11) is 0. The zero-order chi connectivity index (χ0) is 9.23. The third-order valence-electron chi connectivity index (χ3n) is 1.69. The second kappa shape index (κ2) is 9.49. The number of hydrogen-bond acceptors (Lipinski definition) is 2. The molecule has 0 aromatic heterocycles. The number of unbranched alkanes of at least 4 members (excludes halogenated alkanes) is 5. The quantitative estimate of drug-likeness (QED) is 0.352. The number of hydrogen-bond donors (Lipinski definition) is 0. The van der Waals surface area contributed by atoms with Gasteiger partial charge >= 0.3 is 0 Å². The molecule has 4 heteroatoms. The molecule has 1 unspecified atom stereocenters. The Bertz CT molecular complexity index is 120. The Morgan fingerprint density at radius 2 is 1.50 bits per heavy atom. The summed E-state index contributed by atoms with van der Waals surface area (Å²) in [5.41, 5.74) is 0. The van der Waals surface area contributed by atoms with E-state index >= 15 is 0 Å². The van der Waals surface area contributed by atoms with Crippen molar-refractivity contribution in [2.75, 3.05) is 11.6 Å². The number of rotatable bonds is 8. The largest absolute Gasteiger partial charge is 0.772 e. The van der Waals surface area contributed by atoms with Crippen LogP contribution in [-0.2, 0) is 11.1 Å². The van der Waals surface area contributed by atoms with Gasteiger partial charge in [0.2, 0.25) is 0 Å². The van der Waals surface area contributed by atoms with E-state index in [0.29, 0.717) is 5.75 Å². The fourth-order valence-electron chi connectivity index (χ4n) is 1.02. The maximum Gasteiger partial charge on any atom is 0.0223 e. The van der Waals surface area contributed by atoms with Gasteiger partial charge in [-0.15, -0.1) is 11.6 Å². The van der Waals surface area contributed by atoms with Crippen LogP contribution >= 0.6 is 11.6 Å². The molecule has 0 aliphatic carbocycles. The van der Waals surface area contributed by atoms with Crippen molar-refractivity contribution >= 4 is 22.7 Å². The smallest absolute Gasteiger partial charge is 0.0223 e. The molecule has 0 saturated heterocycles. The van der Waals surface area contributed by atoms with Crippen LogP contribution in [0, 0.1) is 0 Å². The van der Waals surface area contributed by atoms with Gasteiger partial charge in [0.1, 0.15) is 0 Å². The van der Waals surface area contributed by atoms with Crippen LogP contribution in [0.4, 0.5) is 0 Å². The van der Waals surface area contributed by atoms with Crippen molar-refractivity contribution in [3.8, 4) is 0 Å². The maximum atomic E-state index is 10.1. The lowest BCUT2D eigenvalue weighted by atomic mass is 10.1. The van der Waals surface area contributed by atoms with Crippen molar-refractivity contribution in [1.82, 2.24) is 0 Å². The van der Waals surface area contributed by atoms with Gasteiger partial charge in [0.15, 0.2) is 0 Å². The minimum Gasteiger partial charge on any atom is -0.772 e. The third-order valence-corrected chi connectivity index (χ3v) is 2.58. The van der Waals surface area contributed by atoms with Crippen LogP contribution < -0.4 is 0 Å². The van der Waals surface area contributed by atoms with Crippen molar-refractivity contribution in [2.24, 2.45) is 0 Å². The molecule has 0 bridgehead atoms. The van der Waals surface area contributed by atoms with E-state index in [1.54, 1.807) is 0 Å². The summed E-state index contributed by atoms with van der Waals surface area (Å²) in [6, 6.07) is 0. The van der Waals surface area contributed by atoms with Crippen molar-refractivity contribution in [3.63, 3.8) is 0 Å². The van der Waals surface area contributed by atoms with Gasteiger partial charge in [-0.1, -0.05) is 36.8 Å². The van der Waals surface area contributed by atoms with Gasteiger partial charge in [0, 0.05) is 11.6 Å². The first kappa shape index (κ1) is 12.4. The first-order valence-corrected chi connectivity index (χ1v) is 6.17. The molecule has 0 aromatic carbocycles.